The van der Waals surface area contributed by atoms with E-state index in [-0.39, 0.29) is 46.2 Å². The molecule has 23 heavy (non-hydrogen) atoms. The molecule has 0 atom stereocenters. The van der Waals surface area contributed by atoms with Crippen molar-refractivity contribution in [3.8, 4) is 0 Å². The van der Waals surface area contributed by atoms with Crippen LogP contribution in [0.4, 0.5) is 26.3 Å². The van der Waals surface area contributed by atoms with Crippen LogP contribution in [0.2, 0.25) is 0 Å². The average molecular weight is 366 g/mol. The van der Waals surface area contributed by atoms with E-state index < -0.39 is 35.4 Å². The molecule has 0 aromatic heterocycles. The molecule has 0 spiro atoms. The number of hydrogen-bond acceptors (Lipinski definition) is 4. The van der Waals surface area contributed by atoms with Crippen molar-refractivity contribution in [3.63, 3.8) is 0 Å². The molecule has 0 radical (unpaired) electrons. The Hall–Kier alpha value is -1.31. The molecule has 0 saturated heterocycles. The van der Waals surface area contributed by atoms with E-state index in [1.807, 2.05) is 0 Å². The minimum Gasteiger partial charge on any atom is -0.869 e. The predicted molar refractivity (Wildman–Crippen MR) is 62.6 cm³/mol. The number of hydrogen-bond donors (Lipinski definition) is 0. The van der Waals surface area contributed by atoms with Crippen molar-refractivity contribution in [2.75, 3.05) is 0 Å². The fourth-order valence-corrected chi connectivity index (χ4v) is 0.533. The summed E-state index contributed by atoms with van der Waals surface area (Å²) in [4.78, 5) is 19.8. The first-order valence-electron chi connectivity index (χ1n) is 4.61. The van der Waals surface area contributed by atoms with Gasteiger partial charge >= 0.3 is 35.4 Å². The molecule has 0 aliphatic rings. The minimum absolute atomic E-state index is 0. The zero-order valence-electron chi connectivity index (χ0n) is 11.8. The van der Waals surface area contributed by atoms with E-state index in [9.17, 15) is 46.1 Å². The van der Waals surface area contributed by atoms with Crippen LogP contribution in [0.1, 0.15) is 13.8 Å². The molecule has 0 unspecified atom stereocenters. The third-order valence-electron chi connectivity index (χ3n) is 1.23. The fourth-order valence-electron chi connectivity index (χ4n) is 0.533. The first-order chi connectivity index (χ1) is 8.67. The number of carbonyl (C=O) groups is 2. The molecule has 0 aliphatic carbocycles. The van der Waals surface area contributed by atoms with Crippen molar-refractivity contribution >= 4 is 34.6 Å². The maximum absolute atomic E-state index is 11.3. The first kappa shape index (κ1) is 33.3. The summed E-state index contributed by atoms with van der Waals surface area (Å²) in [7, 11) is 0. The molecule has 0 saturated carbocycles. The summed E-state index contributed by atoms with van der Waals surface area (Å²) in [6.45, 7) is 1.76. The van der Waals surface area contributed by atoms with Gasteiger partial charge in [-0.2, -0.15) is 26.3 Å². The van der Waals surface area contributed by atoms with Crippen molar-refractivity contribution in [1.82, 2.24) is 0 Å². The van der Waals surface area contributed by atoms with Crippen LogP contribution in [0.5, 0.6) is 0 Å². The van der Waals surface area contributed by atoms with E-state index in [2.05, 4.69) is 0 Å². The summed E-state index contributed by atoms with van der Waals surface area (Å²) in [6.07, 6.45) is -9.82. The standard InChI is InChI=1S/2C5H5F3O2.Mg.2H2O/c2*1-3(9)2-4(10)5(6,7)8;;;/h2*2,10H,1H3;;2*1H2/q;;+2;;/p-2/b2*4-2-;;;. The molecule has 0 fully saturated rings. The Bertz CT molecular complexity index is 387. The third-order valence-corrected chi connectivity index (χ3v) is 1.23. The van der Waals surface area contributed by atoms with Crippen molar-refractivity contribution in [2.45, 2.75) is 26.2 Å². The quantitative estimate of drug-likeness (QED) is 0.260. The molecule has 0 aromatic rings. The van der Waals surface area contributed by atoms with Gasteiger partial charge < -0.3 is 21.2 Å². The van der Waals surface area contributed by atoms with Gasteiger partial charge in [0.05, 0.1) is 0 Å². The molecular formula is C10H12F6MgO6. The van der Waals surface area contributed by atoms with Crippen molar-refractivity contribution in [1.29, 1.82) is 0 Å². The zero-order valence-corrected chi connectivity index (χ0v) is 13.2. The summed E-state index contributed by atoms with van der Waals surface area (Å²) in [5.41, 5.74) is 0. The largest absolute Gasteiger partial charge is 2.00 e. The molecule has 6 nitrogen and oxygen atoms in total. The fraction of sp³-hybridized carbons (Fsp3) is 0.400. The van der Waals surface area contributed by atoms with Gasteiger partial charge in [0.15, 0.2) is 11.6 Å². The van der Waals surface area contributed by atoms with Crippen LogP contribution in [0.3, 0.4) is 0 Å². The number of carbonyl (C=O) groups excluding carboxylic acids is 2. The molecule has 0 amide bonds. The second-order valence-corrected chi connectivity index (χ2v) is 3.23. The molecule has 13 heteroatoms. The van der Waals surface area contributed by atoms with Gasteiger partial charge in [0.25, 0.3) is 0 Å². The van der Waals surface area contributed by atoms with Gasteiger partial charge in [-0.25, -0.2) is 0 Å². The van der Waals surface area contributed by atoms with Crippen molar-refractivity contribution in [2.24, 2.45) is 0 Å². The first-order valence-corrected chi connectivity index (χ1v) is 4.61. The Kier molecular flexibility index (Phi) is 19.1. The van der Waals surface area contributed by atoms with Gasteiger partial charge in [0.2, 0.25) is 0 Å². The summed E-state index contributed by atoms with van der Waals surface area (Å²) in [5, 5.41) is 19.7. The summed E-state index contributed by atoms with van der Waals surface area (Å²) in [6, 6.07) is 0. The van der Waals surface area contributed by atoms with Gasteiger partial charge in [-0.15, -0.1) is 0 Å². The minimum atomic E-state index is -4.92. The Morgan fingerprint density at radius 3 is 0.957 bits per heavy atom. The number of halogens is 6. The van der Waals surface area contributed by atoms with E-state index in [0.29, 0.717) is 0 Å². The van der Waals surface area contributed by atoms with Gasteiger partial charge in [-0.05, 0) is 37.5 Å². The summed E-state index contributed by atoms with van der Waals surface area (Å²) in [5.74, 6) is -6.02. The van der Waals surface area contributed by atoms with Crippen LogP contribution < -0.4 is 10.2 Å². The van der Waals surface area contributed by atoms with Crippen molar-refractivity contribution in [3.05, 3.63) is 23.7 Å². The molecule has 0 aromatic carbocycles. The van der Waals surface area contributed by atoms with E-state index in [1.165, 1.54) is 0 Å². The van der Waals surface area contributed by atoms with E-state index >= 15 is 0 Å². The smallest absolute Gasteiger partial charge is 0.869 e. The molecule has 0 bridgehead atoms. The molecule has 4 N–H and O–H groups in total. The second kappa shape index (κ2) is 13.2. The number of alkyl halides is 6. The van der Waals surface area contributed by atoms with Crippen LogP contribution in [-0.4, -0.2) is 57.9 Å². The Morgan fingerprint density at radius 1 is 0.739 bits per heavy atom. The molecular weight excluding hydrogens is 354 g/mol. The monoisotopic (exact) mass is 366 g/mol. The van der Waals surface area contributed by atoms with E-state index in [4.69, 9.17) is 0 Å². The second-order valence-electron chi connectivity index (χ2n) is 3.23. The van der Waals surface area contributed by atoms with E-state index in [0.717, 1.165) is 13.8 Å². The Balaban J connectivity index is -0.0000000831. The van der Waals surface area contributed by atoms with Gasteiger partial charge in [0, 0.05) is 0 Å². The normalized spacial score (nSPS) is 11.7. The third kappa shape index (κ3) is 20.7. The van der Waals surface area contributed by atoms with Gasteiger partial charge in [-0.3, -0.25) is 9.59 Å². The van der Waals surface area contributed by atoms with Crippen LogP contribution in [-0.2, 0) is 9.59 Å². The Morgan fingerprint density at radius 2 is 0.913 bits per heavy atom. The number of allylic oxidation sites excluding steroid dienone is 4. The molecule has 132 valence electrons. The maximum Gasteiger partial charge on any atom is 2.00 e. The van der Waals surface area contributed by atoms with Gasteiger partial charge in [0.1, 0.15) is 0 Å². The molecule has 0 aliphatic heterocycles. The summed E-state index contributed by atoms with van der Waals surface area (Å²) >= 11 is 0. The van der Waals surface area contributed by atoms with Crippen LogP contribution in [0.25, 0.3) is 0 Å². The maximum atomic E-state index is 11.3. The predicted octanol–water partition coefficient (Wildman–Crippen LogP) is -1.27. The van der Waals surface area contributed by atoms with E-state index in [1.54, 1.807) is 0 Å². The van der Waals surface area contributed by atoms with Crippen LogP contribution in [0.15, 0.2) is 23.7 Å². The molecule has 0 rings (SSSR count). The van der Waals surface area contributed by atoms with Crippen LogP contribution >= 0.6 is 0 Å². The average Bonchev–Trinajstić information content (AvgIpc) is 2.13. The Labute approximate surface area is 142 Å². The number of rotatable bonds is 2. The zero-order chi connectivity index (χ0) is 16.7. The SMILES string of the molecule is CC(=O)/C=C(\[O-])C(F)(F)F.CC(=O)/C=C(\[O-])C(F)(F)F.O.O.[Mg+2]. The molecule has 0 heterocycles. The van der Waals surface area contributed by atoms with Crippen LogP contribution in [0, 0.1) is 0 Å². The summed E-state index contributed by atoms with van der Waals surface area (Å²) < 4.78 is 67.7. The number of ketones is 2. The van der Waals surface area contributed by atoms with Gasteiger partial charge in [-0.1, -0.05) is 0 Å². The topological polar surface area (TPSA) is 143 Å². The van der Waals surface area contributed by atoms with Crippen molar-refractivity contribution < 1.29 is 57.1 Å².